The van der Waals surface area contributed by atoms with Crippen LogP contribution in [0.5, 0.6) is 0 Å². The van der Waals surface area contributed by atoms with Gasteiger partial charge in [-0.3, -0.25) is 4.79 Å². The molecule has 0 saturated heterocycles. The Morgan fingerprint density at radius 3 is 2.18 bits per heavy atom. The van der Waals surface area contributed by atoms with Crippen LogP contribution in [0.2, 0.25) is 0 Å². The molecule has 0 radical (unpaired) electrons. The van der Waals surface area contributed by atoms with Crippen LogP contribution in [-0.2, 0) is 9.53 Å². The highest BCUT2D eigenvalue weighted by Crippen LogP contribution is 2.46. The predicted octanol–water partition coefficient (Wildman–Crippen LogP) is 0.988. The van der Waals surface area contributed by atoms with Crippen LogP contribution in [0.1, 0.15) is 13.8 Å². The van der Waals surface area contributed by atoms with Gasteiger partial charge in [0.15, 0.2) is 0 Å². The molecule has 1 rings (SSSR count). The van der Waals surface area contributed by atoms with Gasteiger partial charge in [0.25, 0.3) is 0 Å². The quantitative estimate of drug-likeness (QED) is 0.666. The van der Waals surface area contributed by atoms with Crippen LogP contribution in [0.25, 0.3) is 0 Å². The van der Waals surface area contributed by atoms with E-state index in [0.717, 1.165) is 0 Å². The molecule has 0 bridgehead atoms. The molecule has 11 heavy (non-hydrogen) atoms. The maximum atomic E-state index is 10.6. The van der Waals surface area contributed by atoms with E-state index in [4.69, 9.17) is 9.84 Å². The van der Waals surface area contributed by atoms with Gasteiger partial charge in [-0.05, 0) is 5.92 Å². The SMILES string of the molecule is CO[C@@H]1[C@@H](C(=O)O)[C@@H]1C(C)C. The highest BCUT2D eigenvalue weighted by atomic mass is 16.5. The first-order valence-corrected chi connectivity index (χ1v) is 3.85. The Hall–Kier alpha value is -0.570. The van der Waals surface area contributed by atoms with E-state index < -0.39 is 5.97 Å². The minimum absolute atomic E-state index is 0.0486. The Bertz CT molecular complexity index is 165. The van der Waals surface area contributed by atoms with E-state index in [1.54, 1.807) is 7.11 Å². The summed E-state index contributed by atoms with van der Waals surface area (Å²) in [4.78, 5) is 10.6. The first-order chi connectivity index (χ1) is 5.09. The molecule has 3 heteroatoms. The number of carboxylic acids is 1. The fraction of sp³-hybridized carbons (Fsp3) is 0.875. The molecule has 3 nitrogen and oxygen atoms in total. The molecule has 0 spiro atoms. The van der Waals surface area contributed by atoms with Crippen molar-refractivity contribution in [2.45, 2.75) is 20.0 Å². The van der Waals surface area contributed by atoms with Gasteiger partial charge in [-0.2, -0.15) is 0 Å². The first kappa shape index (κ1) is 8.53. The van der Waals surface area contributed by atoms with Gasteiger partial charge in [0.05, 0.1) is 12.0 Å². The Labute approximate surface area is 66.4 Å². The van der Waals surface area contributed by atoms with Crippen LogP contribution < -0.4 is 0 Å². The molecule has 0 aliphatic heterocycles. The van der Waals surface area contributed by atoms with Crippen molar-refractivity contribution < 1.29 is 14.6 Å². The number of methoxy groups -OCH3 is 1. The van der Waals surface area contributed by atoms with Crippen LogP contribution in [0.3, 0.4) is 0 Å². The van der Waals surface area contributed by atoms with Gasteiger partial charge >= 0.3 is 5.97 Å². The third kappa shape index (κ3) is 1.38. The second-order valence-corrected chi connectivity index (χ2v) is 3.39. The fourth-order valence-electron chi connectivity index (χ4n) is 1.71. The fourth-order valence-corrected chi connectivity index (χ4v) is 1.71. The molecule has 1 N–H and O–H groups in total. The maximum Gasteiger partial charge on any atom is 0.309 e. The van der Waals surface area contributed by atoms with Crippen LogP contribution in [0.15, 0.2) is 0 Å². The molecule has 1 saturated carbocycles. The van der Waals surface area contributed by atoms with Crippen molar-refractivity contribution in [1.29, 1.82) is 0 Å². The average Bonchev–Trinajstić information content (AvgIpc) is 2.59. The van der Waals surface area contributed by atoms with Crippen molar-refractivity contribution in [3.63, 3.8) is 0 Å². The molecule has 1 aliphatic rings. The largest absolute Gasteiger partial charge is 0.481 e. The van der Waals surface area contributed by atoms with E-state index in [1.165, 1.54) is 0 Å². The molecule has 0 amide bonds. The molecule has 0 heterocycles. The molecule has 0 aromatic carbocycles. The van der Waals surface area contributed by atoms with Gasteiger partial charge in [-0.15, -0.1) is 0 Å². The third-order valence-corrected chi connectivity index (χ3v) is 2.33. The molecule has 64 valence electrons. The van der Waals surface area contributed by atoms with Crippen LogP contribution in [-0.4, -0.2) is 24.3 Å². The van der Waals surface area contributed by atoms with Gasteiger partial charge in [-0.25, -0.2) is 0 Å². The number of hydrogen-bond acceptors (Lipinski definition) is 2. The predicted molar refractivity (Wildman–Crippen MR) is 40.3 cm³/mol. The summed E-state index contributed by atoms with van der Waals surface area (Å²) in [6.45, 7) is 4.05. The zero-order chi connectivity index (χ0) is 8.59. The Kier molecular flexibility index (Phi) is 2.18. The van der Waals surface area contributed by atoms with Gasteiger partial charge < -0.3 is 9.84 Å². The van der Waals surface area contributed by atoms with Crippen LogP contribution in [0, 0.1) is 17.8 Å². The summed E-state index contributed by atoms with van der Waals surface area (Å²) in [5.74, 6) is -0.367. The van der Waals surface area contributed by atoms with E-state index in [0.29, 0.717) is 5.92 Å². The number of carbonyl (C=O) groups is 1. The molecular formula is C8H14O3. The lowest BCUT2D eigenvalue weighted by atomic mass is 10.1. The van der Waals surface area contributed by atoms with E-state index in [9.17, 15) is 4.79 Å². The zero-order valence-corrected chi connectivity index (χ0v) is 7.07. The topological polar surface area (TPSA) is 46.5 Å². The van der Waals surface area contributed by atoms with E-state index in [-0.39, 0.29) is 17.9 Å². The molecular weight excluding hydrogens is 144 g/mol. The second-order valence-electron chi connectivity index (χ2n) is 3.39. The standard InChI is InChI=1S/C8H14O3/c1-4(2)5-6(8(9)10)7(5)11-3/h4-7H,1-3H3,(H,9,10)/t5-,6-,7-/m0/s1. The summed E-state index contributed by atoms with van der Waals surface area (Å²) in [5.41, 5.74) is 0. The van der Waals surface area contributed by atoms with Crippen molar-refractivity contribution in [2.24, 2.45) is 17.8 Å². The summed E-state index contributed by atoms with van der Waals surface area (Å²) in [5, 5.41) is 8.69. The summed E-state index contributed by atoms with van der Waals surface area (Å²) in [7, 11) is 1.57. The highest BCUT2D eigenvalue weighted by molar-refractivity contribution is 5.75. The van der Waals surface area contributed by atoms with E-state index in [1.807, 2.05) is 13.8 Å². The molecule has 3 atom stereocenters. The first-order valence-electron chi connectivity index (χ1n) is 3.85. The van der Waals surface area contributed by atoms with Crippen molar-refractivity contribution in [1.82, 2.24) is 0 Å². The van der Waals surface area contributed by atoms with Crippen molar-refractivity contribution in [2.75, 3.05) is 7.11 Å². The Morgan fingerprint density at radius 2 is 2.09 bits per heavy atom. The second kappa shape index (κ2) is 2.81. The lowest BCUT2D eigenvalue weighted by Gasteiger charge is -1.99. The van der Waals surface area contributed by atoms with E-state index >= 15 is 0 Å². The minimum Gasteiger partial charge on any atom is -0.481 e. The van der Waals surface area contributed by atoms with Gasteiger partial charge in [-0.1, -0.05) is 13.8 Å². The monoisotopic (exact) mass is 158 g/mol. The molecule has 1 fully saturated rings. The summed E-state index contributed by atoms with van der Waals surface area (Å²) >= 11 is 0. The minimum atomic E-state index is -0.726. The van der Waals surface area contributed by atoms with Crippen LogP contribution >= 0.6 is 0 Å². The summed E-state index contributed by atoms with van der Waals surface area (Å²) in [6.07, 6.45) is -0.0486. The lowest BCUT2D eigenvalue weighted by Crippen LogP contribution is -2.03. The van der Waals surface area contributed by atoms with Crippen molar-refractivity contribution in [3.05, 3.63) is 0 Å². The number of carboxylic acid groups (broad SMARTS) is 1. The molecule has 0 aromatic rings. The lowest BCUT2D eigenvalue weighted by molar-refractivity contribution is -0.139. The normalized spacial score (nSPS) is 35.8. The maximum absolute atomic E-state index is 10.6. The van der Waals surface area contributed by atoms with Gasteiger partial charge in [0, 0.05) is 13.0 Å². The molecule has 0 unspecified atom stereocenters. The number of ether oxygens (including phenoxy) is 1. The Balaban J connectivity index is 2.52. The number of rotatable bonds is 3. The highest BCUT2D eigenvalue weighted by Gasteiger charge is 2.56. The Morgan fingerprint density at radius 1 is 1.55 bits per heavy atom. The van der Waals surface area contributed by atoms with Crippen LogP contribution in [0.4, 0.5) is 0 Å². The van der Waals surface area contributed by atoms with Crippen molar-refractivity contribution in [3.8, 4) is 0 Å². The van der Waals surface area contributed by atoms with Crippen molar-refractivity contribution >= 4 is 5.97 Å². The average molecular weight is 158 g/mol. The van der Waals surface area contributed by atoms with E-state index in [2.05, 4.69) is 0 Å². The summed E-state index contributed by atoms with van der Waals surface area (Å²) in [6, 6.07) is 0. The smallest absolute Gasteiger partial charge is 0.309 e. The van der Waals surface area contributed by atoms with Gasteiger partial charge in [0.1, 0.15) is 0 Å². The molecule has 0 aromatic heterocycles. The third-order valence-electron chi connectivity index (χ3n) is 2.33. The molecule has 1 aliphatic carbocycles. The number of hydrogen-bond donors (Lipinski definition) is 1. The summed E-state index contributed by atoms with van der Waals surface area (Å²) < 4.78 is 5.03. The number of aliphatic carboxylic acids is 1. The van der Waals surface area contributed by atoms with Gasteiger partial charge in [0.2, 0.25) is 0 Å². The zero-order valence-electron chi connectivity index (χ0n) is 7.07.